The molecule has 5 heteroatoms. The van der Waals surface area contributed by atoms with Crippen LogP contribution in [0.5, 0.6) is 0 Å². The van der Waals surface area contributed by atoms with E-state index >= 15 is 0 Å². The summed E-state index contributed by atoms with van der Waals surface area (Å²) in [5, 5.41) is 3.15. The molecular weight excluding hydrogens is 290 g/mol. The average Bonchev–Trinajstić information content (AvgIpc) is 3.12. The summed E-state index contributed by atoms with van der Waals surface area (Å²) in [7, 11) is 2.15. The molecule has 0 aromatic rings. The van der Waals surface area contributed by atoms with Gasteiger partial charge in [0.05, 0.1) is 6.10 Å². The second-order valence-electron chi connectivity index (χ2n) is 8.35. The van der Waals surface area contributed by atoms with Gasteiger partial charge in [0.15, 0.2) is 0 Å². The zero-order valence-corrected chi connectivity index (χ0v) is 15.6. The zero-order valence-electron chi connectivity index (χ0n) is 15.6. The van der Waals surface area contributed by atoms with E-state index in [0.717, 1.165) is 52.2 Å². The van der Waals surface area contributed by atoms with E-state index in [1.54, 1.807) is 0 Å². The van der Waals surface area contributed by atoms with Crippen molar-refractivity contribution in [1.29, 1.82) is 0 Å². The summed E-state index contributed by atoms with van der Waals surface area (Å²) in [5.41, 5.74) is 0.134. The van der Waals surface area contributed by atoms with Gasteiger partial charge in [0.2, 0.25) is 0 Å². The van der Waals surface area contributed by atoms with Crippen molar-refractivity contribution in [3.05, 3.63) is 0 Å². The van der Waals surface area contributed by atoms with Gasteiger partial charge in [-0.15, -0.1) is 0 Å². The molecule has 0 bridgehead atoms. The Kier molecular flexibility index (Phi) is 6.32. The second-order valence-corrected chi connectivity index (χ2v) is 8.35. The first-order valence-electron chi connectivity index (χ1n) is 9.14. The fraction of sp³-hybridized carbons (Fsp3) is 0.944. The monoisotopic (exact) mass is 325 g/mol. The fourth-order valence-corrected chi connectivity index (χ4v) is 3.87. The molecule has 0 aromatic heterocycles. The van der Waals surface area contributed by atoms with Crippen LogP contribution in [0, 0.1) is 17.3 Å². The van der Waals surface area contributed by atoms with Crippen molar-refractivity contribution in [3.8, 4) is 0 Å². The molecule has 134 valence electrons. The third-order valence-electron chi connectivity index (χ3n) is 5.27. The van der Waals surface area contributed by atoms with E-state index in [4.69, 9.17) is 4.74 Å². The standard InChI is InChI=1S/C18H35N3O2/c1-6-20(5)12-14-7-9-21(13-14)17(22)19-11-15-8-10-23-16(15)18(2,3)4/h14-16H,6-13H2,1-5H3,(H,19,22)/t14-,15+,16-/m0/s1. The van der Waals surface area contributed by atoms with Crippen LogP contribution in [0.25, 0.3) is 0 Å². The van der Waals surface area contributed by atoms with Crippen LogP contribution in [0.2, 0.25) is 0 Å². The Morgan fingerprint density at radius 1 is 1.35 bits per heavy atom. The van der Waals surface area contributed by atoms with Crippen LogP contribution in [0.4, 0.5) is 4.79 Å². The van der Waals surface area contributed by atoms with E-state index in [2.05, 4.69) is 45.0 Å². The summed E-state index contributed by atoms with van der Waals surface area (Å²) in [5.74, 6) is 1.05. The Morgan fingerprint density at radius 2 is 2.09 bits per heavy atom. The lowest BCUT2D eigenvalue weighted by atomic mass is 9.81. The highest BCUT2D eigenvalue weighted by molar-refractivity contribution is 5.74. The predicted octanol–water partition coefficient (Wildman–Crippen LogP) is 2.42. The molecule has 2 rings (SSSR count). The van der Waals surface area contributed by atoms with Crippen molar-refractivity contribution < 1.29 is 9.53 Å². The molecule has 2 aliphatic rings. The normalized spacial score (nSPS) is 28.6. The summed E-state index contributed by atoms with van der Waals surface area (Å²) < 4.78 is 5.89. The smallest absolute Gasteiger partial charge is 0.317 e. The number of urea groups is 1. The number of hydrogen-bond donors (Lipinski definition) is 1. The molecule has 0 aromatic carbocycles. The van der Waals surface area contributed by atoms with E-state index < -0.39 is 0 Å². The van der Waals surface area contributed by atoms with E-state index in [0.29, 0.717) is 11.8 Å². The Balaban J connectivity index is 1.75. The minimum Gasteiger partial charge on any atom is -0.377 e. The van der Waals surface area contributed by atoms with Crippen molar-refractivity contribution in [2.75, 3.05) is 46.4 Å². The third-order valence-corrected chi connectivity index (χ3v) is 5.27. The van der Waals surface area contributed by atoms with Crippen LogP contribution < -0.4 is 5.32 Å². The molecule has 0 radical (unpaired) electrons. The van der Waals surface area contributed by atoms with Gasteiger partial charge in [-0.3, -0.25) is 0 Å². The molecule has 0 saturated carbocycles. The van der Waals surface area contributed by atoms with Crippen molar-refractivity contribution in [2.24, 2.45) is 17.3 Å². The number of rotatable bonds is 5. The molecule has 2 heterocycles. The lowest BCUT2D eigenvalue weighted by molar-refractivity contribution is 0.00758. The van der Waals surface area contributed by atoms with Crippen molar-refractivity contribution in [2.45, 2.75) is 46.6 Å². The molecular formula is C18H35N3O2. The van der Waals surface area contributed by atoms with Crippen LogP contribution in [-0.4, -0.2) is 68.3 Å². The Hall–Kier alpha value is -0.810. The average molecular weight is 325 g/mol. The van der Waals surface area contributed by atoms with Crippen molar-refractivity contribution >= 4 is 6.03 Å². The summed E-state index contributed by atoms with van der Waals surface area (Å²) in [4.78, 5) is 16.7. The quantitative estimate of drug-likeness (QED) is 0.844. The number of nitrogens with one attached hydrogen (secondary N) is 1. The van der Waals surface area contributed by atoms with Crippen LogP contribution >= 0.6 is 0 Å². The summed E-state index contributed by atoms with van der Waals surface area (Å²) in [6.45, 7) is 14.3. The van der Waals surface area contributed by atoms with Crippen LogP contribution in [-0.2, 0) is 4.74 Å². The highest BCUT2D eigenvalue weighted by atomic mass is 16.5. The van der Waals surface area contributed by atoms with E-state index in [-0.39, 0.29) is 17.6 Å². The summed E-state index contributed by atoms with van der Waals surface area (Å²) in [6.07, 6.45) is 2.41. The van der Waals surface area contributed by atoms with Gasteiger partial charge in [-0.05, 0) is 37.8 Å². The first-order chi connectivity index (χ1) is 10.8. The van der Waals surface area contributed by atoms with Crippen LogP contribution in [0.3, 0.4) is 0 Å². The summed E-state index contributed by atoms with van der Waals surface area (Å²) in [6, 6.07) is 0.103. The molecule has 0 aliphatic carbocycles. The molecule has 2 amide bonds. The number of carbonyl (C=O) groups is 1. The molecule has 2 saturated heterocycles. The van der Waals surface area contributed by atoms with Crippen molar-refractivity contribution in [3.63, 3.8) is 0 Å². The molecule has 2 fully saturated rings. The first-order valence-corrected chi connectivity index (χ1v) is 9.14. The Labute approximate surface area is 141 Å². The predicted molar refractivity (Wildman–Crippen MR) is 93.6 cm³/mol. The van der Waals surface area contributed by atoms with E-state index in [1.165, 1.54) is 0 Å². The zero-order chi connectivity index (χ0) is 17.0. The molecule has 5 nitrogen and oxygen atoms in total. The van der Waals surface area contributed by atoms with Crippen molar-refractivity contribution in [1.82, 2.24) is 15.1 Å². The van der Waals surface area contributed by atoms with Gasteiger partial charge in [0, 0.05) is 38.7 Å². The molecule has 0 spiro atoms. The molecule has 23 heavy (non-hydrogen) atoms. The number of amides is 2. The fourth-order valence-electron chi connectivity index (χ4n) is 3.87. The lowest BCUT2D eigenvalue weighted by Crippen LogP contribution is -2.44. The van der Waals surface area contributed by atoms with Crippen LogP contribution in [0.15, 0.2) is 0 Å². The molecule has 3 atom stereocenters. The topological polar surface area (TPSA) is 44.8 Å². The van der Waals surface area contributed by atoms with Gasteiger partial charge in [0.1, 0.15) is 0 Å². The minimum absolute atomic E-state index is 0.103. The largest absolute Gasteiger partial charge is 0.377 e. The molecule has 1 N–H and O–H groups in total. The maximum atomic E-state index is 12.4. The molecule has 0 unspecified atom stereocenters. The minimum atomic E-state index is 0.103. The Bertz CT molecular complexity index is 394. The lowest BCUT2D eigenvalue weighted by Gasteiger charge is -2.31. The van der Waals surface area contributed by atoms with E-state index in [9.17, 15) is 4.79 Å². The maximum Gasteiger partial charge on any atom is 0.317 e. The number of nitrogens with zero attached hydrogens (tertiary/aromatic N) is 2. The van der Waals surface area contributed by atoms with Gasteiger partial charge in [-0.25, -0.2) is 4.79 Å². The summed E-state index contributed by atoms with van der Waals surface area (Å²) >= 11 is 0. The van der Waals surface area contributed by atoms with Gasteiger partial charge >= 0.3 is 6.03 Å². The van der Waals surface area contributed by atoms with E-state index in [1.807, 2.05) is 4.90 Å². The van der Waals surface area contributed by atoms with Gasteiger partial charge < -0.3 is 19.9 Å². The number of likely N-dealkylation sites (tertiary alicyclic amines) is 1. The van der Waals surface area contributed by atoms with Gasteiger partial charge in [-0.1, -0.05) is 27.7 Å². The maximum absolute atomic E-state index is 12.4. The third kappa shape index (κ3) is 5.08. The van der Waals surface area contributed by atoms with Gasteiger partial charge in [0.25, 0.3) is 0 Å². The highest BCUT2D eigenvalue weighted by Gasteiger charge is 2.37. The van der Waals surface area contributed by atoms with Gasteiger partial charge in [-0.2, -0.15) is 0 Å². The first kappa shape index (κ1) is 18.5. The second kappa shape index (κ2) is 7.84. The van der Waals surface area contributed by atoms with Crippen LogP contribution in [0.1, 0.15) is 40.5 Å². The number of carbonyl (C=O) groups excluding carboxylic acids is 1. The number of ether oxygens (including phenoxy) is 1. The molecule has 2 aliphatic heterocycles. The Morgan fingerprint density at radius 3 is 2.74 bits per heavy atom. The number of hydrogen-bond acceptors (Lipinski definition) is 3. The SMILES string of the molecule is CCN(C)C[C@@H]1CCN(C(=O)NC[C@H]2CCO[C@@H]2C(C)(C)C)C1. The highest BCUT2D eigenvalue weighted by Crippen LogP contribution is 2.34.